The minimum Gasteiger partial charge on any atom is -0.741 e. The van der Waals surface area contributed by atoms with Crippen LogP contribution < -0.4 is 69.5 Å². The number of halogens is 3. The number of phenolic OH excluding ortho intramolecular Hbond substituents is 1. The summed E-state index contributed by atoms with van der Waals surface area (Å²) in [5, 5.41) is 39.8. The quantitative estimate of drug-likeness (QED) is 0.00701. The van der Waals surface area contributed by atoms with E-state index < -0.39 is 136 Å². The molecule has 0 bridgehead atoms. The van der Waals surface area contributed by atoms with Gasteiger partial charge in [-0.25, -0.2) is 13.2 Å². The Bertz CT molecular complexity index is 3420. The highest BCUT2D eigenvalue weighted by atomic mass is 32.2. The summed E-state index contributed by atoms with van der Waals surface area (Å²) in [5.41, 5.74) is 19.5. The number of carbonyl (C=O) groups is 10. The number of aliphatic carboxylic acids is 1. The summed E-state index contributed by atoms with van der Waals surface area (Å²) in [7, 11) is -2.88. The lowest BCUT2D eigenvalue weighted by Crippen LogP contribution is -2.59. The number of carboxylic acid groups (broad SMARTS) is 1. The lowest BCUT2D eigenvalue weighted by atomic mass is 9.99. The van der Waals surface area contributed by atoms with Gasteiger partial charge in [0.25, 0.3) is 5.91 Å². The predicted octanol–water partition coefficient (Wildman–Crippen LogP) is 0.277. The third-order valence-corrected chi connectivity index (χ3v) is 16.2. The molecular formula is C64H97F3N14O17S. The number of fused-ring (bicyclic) bond motifs is 1. The van der Waals surface area contributed by atoms with Gasteiger partial charge in [-0.1, -0.05) is 71.9 Å². The van der Waals surface area contributed by atoms with Gasteiger partial charge in [0.15, 0.2) is 33.3 Å². The normalized spacial score (nSPS) is 15.2. The highest BCUT2D eigenvalue weighted by molar-refractivity contribution is 7.86. The number of aromatic nitrogens is 1. The number of unbranched alkanes of at least 4 members (excludes halogenated alkanes) is 1. The number of hydrogen-bond donors (Lipinski definition) is 13. The summed E-state index contributed by atoms with van der Waals surface area (Å²) < 4.78 is 71.9. The van der Waals surface area contributed by atoms with E-state index in [2.05, 4.69) is 42.2 Å². The van der Waals surface area contributed by atoms with E-state index in [1.807, 2.05) is 30.3 Å². The summed E-state index contributed by atoms with van der Waals surface area (Å²) in [6, 6.07) is 4.36. The van der Waals surface area contributed by atoms with E-state index in [9.17, 15) is 71.3 Å². The monoisotopic (exact) mass is 1420 g/mol. The molecule has 2 heterocycles. The molecule has 99 heavy (non-hydrogen) atoms. The predicted molar refractivity (Wildman–Crippen MR) is 355 cm³/mol. The number of phenols is 1. The third-order valence-electron chi connectivity index (χ3n) is 15.6. The standard InChI is InChI=1S/C63H96N14O14.CHF3O3S/c1-35(2)25-45(71-53(79)33-69-60(87)49-21-16-24-77(49)61(88)43(65)19-15-23-68-63(66)67)56(83)73-47(27-37(5)6)58(85)75-48(31-54(80)81)59(86)74-46(26-36(3)4)57(84)72-44(20-13-14-22-64)62(89)91-34-41(28-39-17-11-10-12-18-39)70-55(82)42-29-40-30-51(78)52(90-9)32-50(40)76(8)38(42)7;2-1(3,4)8(5,6)7/h10-12,17-18,29-30,32,35-37,41,43-49H,13-16,19-28,31,33-34,64-65H2,1-9H3,(H12-,66,67,68,69,70,71,72,73,74,75,78,79,80,81,82,83,84,85,86,87);(H,5,6,7)/t41-,43-,44-,45-,46-,47-,48-,49-;/m0./s1. The van der Waals surface area contributed by atoms with Crippen LogP contribution in [0.25, 0.3) is 10.9 Å². The molecule has 0 spiro atoms. The maximum Gasteiger partial charge on any atom is 0.485 e. The molecule has 1 aliphatic heterocycles. The first-order chi connectivity index (χ1) is 46.3. The molecule has 17 N–H and O–H groups in total. The zero-order valence-electron chi connectivity index (χ0n) is 57.2. The number of ether oxygens (including phenoxy) is 2. The second-order valence-electron chi connectivity index (χ2n) is 25.3. The van der Waals surface area contributed by atoms with Crippen molar-refractivity contribution in [1.29, 1.82) is 0 Å². The number of esters is 1. The van der Waals surface area contributed by atoms with Crippen LogP contribution in [0.1, 0.15) is 134 Å². The summed E-state index contributed by atoms with van der Waals surface area (Å²) in [4.78, 5) is 143. The second-order valence-corrected chi connectivity index (χ2v) is 26.6. The van der Waals surface area contributed by atoms with Gasteiger partial charge in [-0.15, -0.1) is 0 Å². The fraction of sp³-hybridized carbons (Fsp3) is 0.594. The number of aryl methyl sites for hydroxylation is 1. The van der Waals surface area contributed by atoms with Crippen molar-refractivity contribution in [2.45, 2.75) is 179 Å². The van der Waals surface area contributed by atoms with Gasteiger partial charge in [-0.05, 0) is 113 Å². The molecule has 3 aromatic rings. The molecule has 1 aliphatic rings. The number of pyridine rings is 1. The van der Waals surface area contributed by atoms with Gasteiger partial charge in [0, 0.05) is 20.0 Å². The first kappa shape index (κ1) is 84.3. The second kappa shape index (κ2) is 40.2. The SMILES string of the molecule is COc1cc2c(cc1O)cc(C(=O)N[C@H](COC(=O)[C@H](CCCCN)NC(=O)[C@H](CC(C)C)NC(=O)[C@H](CC(=O)O)NC(=O)[C@H](CC(C)C)NC(=O)[C@H](CC(C)C)NC(=O)CNC(=O)[C@@H]1CCCN1C(=O)[C@@H](N)CCCN=C(N)N)Cc1ccccc1)c(C)[n+]2C.O=S(=O)([O-])C(F)(F)F. The fourth-order valence-electron chi connectivity index (χ4n) is 10.6. The Morgan fingerprint density at radius 3 is 1.83 bits per heavy atom. The Balaban J connectivity index is 0.00000299. The van der Waals surface area contributed by atoms with Gasteiger partial charge in [-0.3, -0.25) is 48.1 Å². The molecule has 2 aromatic carbocycles. The van der Waals surface area contributed by atoms with Gasteiger partial charge < -0.3 is 89.3 Å². The van der Waals surface area contributed by atoms with Crippen molar-refractivity contribution in [3.05, 3.63) is 65.4 Å². The smallest absolute Gasteiger partial charge is 0.485 e. The molecule has 31 nitrogen and oxygen atoms in total. The highest BCUT2D eigenvalue weighted by Crippen LogP contribution is 2.31. The van der Waals surface area contributed by atoms with Crippen LogP contribution >= 0.6 is 0 Å². The average molecular weight is 1420 g/mol. The van der Waals surface area contributed by atoms with Gasteiger partial charge >= 0.3 is 17.4 Å². The molecule has 0 saturated carbocycles. The van der Waals surface area contributed by atoms with E-state index in [0.717, 1.165) is 5.56 Å². The molecule has 0 unspecified atom stereocenters. The van der Waals surface area contributed by atoms with Crippen molar-refractivity contribution in [3.8, 4) is 11.5 Å². The molecule has 35 heteroatoms. The minimum atomic E-state index is -6.09. The summed E-state index contributed by atoms with van der Waals surface area (Å²) in [5.74, 6) is -8.81. The van der Waals surface area contributed by atoms with E-state index in [-0.39, 0.29) is 106 Å². The number of amides is 8. The van der Waals surface area contributed by atoms with E-state index in [4.69, 9.17) is 45.4 Å². The van der Waals surface area contributed by atoms with Crippen molar-refractivity contribution in [2.24, 2.45) is 52.7 Å². The van der Waals surface area contributed by atoms with Crippen LogP contribution in [0.2, 0.25) is 0 Å². The van der Waals surface area contributed by atoms with Crippen LogP contribution in [0, 0.1) is 24.7 Å². The number of nitrogens with zero attached hydrogens (tertiary/aromatic N) is 3. The number of aromatic hydroxyl groups is 1. The topological polar surface area (TPSA) is 495 Å². The van der Waals surface area contributed by atoms with E-state index in [1.54, 1.807) is 72.2 Å². The van der Waals surface area contributed by atoms with E-state index >= 15 is 0 Å². The molecule has 552 valence electrons. The molecule has 1 saturated heterocycles. The number of benzene rings is 2. The highest BCUT2D eigenvalue weighted by Gasteiger charge is 2.39. The van der Waals surface area contributed by atoms with Gasteiger partial charge in [0.05, 0.1) is 43.6 Å². The van der Waals surface area contributed by atoms with Gasteiger partial charge in [0.1, 0.15) is 55.5 Å². The maximum atomic E-state index is 14.4. The van der Waals surface area contributed by atoms with Crippen molar-refractivity contribution in [3.63, 3.8) is 0 Å². The number of carboxylic acids is 1. The Labute approximate surface area is 573 Å². The molecule has 4 rings (SSSR count). The number of alkyl halides is 3. The first-order valence-corrected chi connectivity index (χ1v) is 33.7. The Morgan fingerprint density at radius 1 is 0.778 bits per heavy atom. The van der Waals surface area contributed by atoms with Crippen molar-refractivity contribution >= 4 is 86.2 Å². The molecule has 0 radical (unpaired) electrons. The minimum absolute atomic E-state index is 0.00125. The zero-order valence-corrected chi connectivity index (χ0v) is 58.0. The Kier molecular flexibility index (Phi) is 34.2. The lowest BCUT2D eigenvalue weighted by Gasteiger charge is -2.28. The summed E-state index contributed by atoms with van der Waals surface area (Å²) in [6.45, 7) is 12.4. The number of likely N-dealkylation sites (tertiary alicyclic amines) is 1. The number of hydrogen-bond acceptors (Lipinski definition) is 19. The fourth-order valence-corrected chi connectivity index (χ4v) is 10.6. The number of carbonyl (C=O) groups excluding carboxylic acids is 9. The van der Waals surface area contributed by atoms with E-state index in [1.165, 1.54) is 18.1 Å². The van der Waals surface area contributed by atoms with Gasteiger partial charge in [-0.2, -0.15) is 17.7 Å². The number of nitrogens with two attached hydrogens (primary N) is 4. The molecule has 1 aromatic heterocycles. The Morgan fingerprint density at radius 2 is 1.31 bits per heavy atom. The van der Waals surface area contributed by atoms with Gasteiger partial charge in [0.2, 0.25) is 46.9 Å². The van der Waals surface area contributed by atoms with Crippen molar-refractivity contribution in [2.75, 3.05) is 39.9 Å². The van der Waals surface area contributed by atoms with Crippen molar-refractivity contribution < 1.29 is 98.3 Å². The van der Waals surface area contributed by atoms with Crippen LogP contribution in [-0.2, 0) is 71.5 Å². The van der Waals surface area contributed by atoms with Crippen LogP contribution in [0.3, 0.4) is 0 Å². The summed E-state index contributed by atoms with van der Waals surface area (Å²) >= 11 is 0. The average Bonchev–Trinajstić information content (AvgIpc) is 1.22. The molecule has 8 amide bonds. The molecule has 0 aliphatic carbocycles. The van der Waals surface area contributed by atoms with Crippen LogP contribution in [0.15, 0.2) is 53.5 Å². The van der Waals surface area contributed by atoms with Crippen LogP contribution in [-0.4, -0.2) is 187 Å². The molecule has 8 atom stereocenters. The number of aliphatic imine (C=N–C) groups is 1. The summed E-state index contributed by atoms with van der Waals surface area (Å²) in [6.07, 6.45) is 1.84. The molecular weight excluding hydrogens is 1330 g/mol. The number of rotatable bonds is 37. The zero-order chi connectivity index (χ0) is 74.6. The molecule has 1 fully saturated rings. The maximum absolute atomic E-state index is 14.4. The first-order valence-electron chi connectivity index (χ1n) is 32.3. The number of guanidine groups is 1. The van der Waals surface area contributed by atoms with E-state index in [0.29, 0.717) is 48.7 Å². The number of methoxy groups -OCH3 is 1. The Hall–Kier alpha value is -8.96. The largest absolute Gasteiger partial charge is 0.741 e. The number of nitrogens with one attached hydrogen (secondary N) is 7. The van der Waals surface area contributed by atoms with Crippen LogP contribution in [0.5, 0.6) is 11.5 Å². The van der Waals surface area contributed by atoms with Crippen LogP contribution in [0.4, 0.5) is 13.2 Å². The lowest BCUT2D eigenvalue weighted by molar-refractivity contribution is -0.651. The third kappa shape index (κ3) is 28.4. The van der Waals surface area contributed by atoms with Crippen molar-refractivity contribution in [1.82, 2.24) is 42.1 Å².